The van der Waals surface area contributed by atoms with Gasteiger partial charge in [0.1, 0.15) is 17.6 Å². The molecule has 1 heterocycles. The molecule has 1 N–H and O–H groups in total. The molecule has 0 spiro atoms. The van der Waals surface area contributed by atoms with E-state index in [1.165, 1.54) is 6.20 Å². The molecule has 0 aliphatic heterocycles. The quantitative estimate of drug-likeness (QED) is 0.525. The van der Waals surface area contributed by atoms with E-state index in [9.17, 15) is 29.8 Å². The highest BCUT2D eigenvalue weighted by molar-refractivity contribution is 5.92. The minimum absolute atomic E-state index is 0.0354. The Labute approximate surface area is 176 Å². The molecule has 0 aliphatic rings. The van der Waals surface area contributed by atoms with Gasteiger partial charge in [-0.1, -0.05) is 0 Å². The molecule has 0 saturated carbocycles. The molecular formula is C18H21N5O8. The number of carbonyl (C=O) groups excluding carboxylic acids is 1. The third kappa shape index (κ3) is 5.74. The standard InChI is InChI=1S/C18H21N5O8/c1-11(7-12-9-20(10-19-12)16(24)25)21(17(26)31-18(2,3)4)14-6-5-13(22(27)28)8-15(14)23(29)30/h5-6,8-11H,7H2,1-4H3,(H,24,25)/t11-/m1/s1. The maximum atomic E-state index is 12.9. The molecule has 0 radical (unpaired) electrons. The van der Waals surface area contributed by atoms with Crippen molar-refractivity contribution in [1.29, 1.82) is 0 Å². The highest BCUT2D eigenvalue weighted by Crippen LogP contribution is 2.34. The molecule has 2 aromatic rings. The van der Waals surface area contributed by atoms with Crippen molar-refractivity contribution in [3.8, 4) is 0 Å². The van der Waals surface area contributed by atoms with Crippen LogP contribution in [0.2, 0.25) is 0 Å². The molecule has 1 atom stereocenters. The number of nitro benzene ring substituents is 2. The Morgan fingerprint density at radius 1 is 1.26 bits per heavy atom. The Morgan fingerprint density at radius 3 is 2.39 bits per heavy atom. The van der Waals surface area contributed by atoms with Gasteiger partial charge in [0, 0.05) is 24.7 Å². The highest BCUT2D eigenvalue weighted by Gasteiger charge is 2.34. The molecule has 0 aliphatic carbocycles. The molecule has 0 unspecified atom stereocenters. The van der Waals surface area contributed by atoms with E-state index in [0.29, 0.717) is 5.69 Å². The Kier molecular flexibility index (Phi) is 6.58. The number of hydrogen-bond donors (Lipinski definition) is 1. The zero-order valence-corrected chi connectivity index (χ0v) is 17.2. The van der Waals surface area contributed by atoms with Gasteiger partial charge in [-0.15, -0.1) is 0 Å². The van der Waals surface area contributed by atoms with E-state index in [1.54, 1.807) is 27.7 Å². The van der Waals surface area contributed by atoms with Crippen LogP contribution in [0, 0.1) is 20.2 Å². The van der Waals surface area contributed by atoms with E-state index < -0.39 is 45.1 Å². The van der Waals surface area contributed by atoms with Crippen LogP contribution in [0.3, 0.4) is 0 Å². The summed E-state index contributed by atoms with van der Waals surface area (Å²) in [5, 5.41) is 31.6. The summed E-state index contributed by atoms with van der Waals surface area (Å²) in [6, 6.07) is 2.14. The van der Waals surface area contributed by atoms with Crippen molar-refractivity contribution in [2.24, 2.45) is 0 Å². The van der Waals surface area contributed by atoms with Gasteiger partial charge < -0.3 is 9.84 Å². The SMILES string of the molecule is C[C@H](Cc1cn(C(=O)O)cn1)N(C(=O)OC(C)(C)C)c1ccc([N+](=O)[O-])cc1[N+](=O)[O-]. The molecule has 13 nitrogen and oxygen atoms in total. The molecule has 0 bridgehead atoms. The first-order chi connectivity index (χ1) is 14.3. The molecule has 166 valence electrons. The van der Waals surface area contributed by atoms with Crippen LogP contribution in [0.15, 0.2) is 30.7 Å². The number of non-ortho nitro benzene ring substituents is 1. The topological polar surface area (TPSA) is 171 Å². The van der Waals surface area contributed by atoms with Gasteiger partial charge in [0.15, 0.2) is 0 Å². The average Bonchev–Trinajstić information content (AvgIpc) is 3.09. The lowest BCUT2D eigenvalue weighted by atomic mass is 10.1. The number of amides is 1. The van der Waals surface area contributed by atoms with Crippen molar-refractivity contribution in [2.75, 3.05) is 4.90 Å². The fourth-order valence-electron chi connectivity index (χ4n) is 2.77. The zero-order chi connectivity index (χ0) is 23.5. The predicted molar refractivity (Wildman–Crippen MR) is 107 cm³/mol. The van der Waals surface area contributed by atoms with Crippen LogP contribution in [0.4, 0.5) is 26.7 Å². The first kappa shape index (κ1) is 23.3. The third-order valence-electron chi connectivity index (χ3n) is 4.02. The van der Waals surface area contributed by atoms with Crippen molar-refractivity contribution in [3.05, 3.63) is 56.6 Å². The molecule has 1 amide bonds. The summed E-state index contributed by atoms with van der Waals surface area (Å²) < 4.78 is 6.21. The number of nitro groups is 2. The van der Waals surface area contributed by atoms with E-state index in [-0.39, 0.29) is 12.1 Å². The Hall–Kier alpha value is -4.03. The monoisotopic (exact) mass is 435 g/mol. The van der Waals surface area contributed by atoms with Gasteiger partial charge in [-0.25, -0.2) is 19.1 Å². The number of aromatic nitrogens is 2. The Bertz CT molecular complexity index is 1030. The highest BCUT2D eigenvalue weighted by atomic mass is 16.6. The van der Waals surface area contributed by atoms with Gasteiger partial charge in [0.2, 0.25) is 0 Å². The number of benzene rings is 1. The second kappa shape index (κ2) is 8.77. The van der Waals surface area contributed by atoms with Crippen molar-refractivity contribution in [2.45, 2.75) is 45.8 Å². The number of imidazole rings is 1. The number of ether oxygens (including phenoxy) is 1. The molecule has 1 aromatic heterocycles. The zero-order valence-electron chi connectivity index (χ0n) is 17.2. The number of carboxylic acid groups (broad SMARTS) is 1. The average molecular weight is 435 g/mol. The smallest absolute Gasteiger partial charge is 0.416 e. The number of carbonyl (C=O) groups is 2. The fourth-order valence-corrected chi connectivity index (χ4v) is 2.77. The summed E-state index contributed by atoms with van der Waals surface area (Å²) >= 11 is 0. The molecule has 31 heavy (non-hydrogen) atoms. The van der Waals surface area contributed by atoms with Gasteiger partial charge in [-0.05, 0) is 33.8 Å². The summed E-state index contributed by atoms with van der Waals surface area (Å²) in [4.78, 5) is 49.9. The summed E-state index contributed by atoms with van der Waals surface area (Å²) in [5.41, 5.74) is -1.96. The van der Waals surface area contributed by atoms with E-state index >= 15 is 0 Å². The van der Waals surface area contributed by atoms with E-state index in [4.69, 9.17) is 9.84 Å². The summed E-state index contributed by atoms with van der Waals surface area (Å²) in [6.07, 6.45) is 0.205. The second-order valence-corrected chi connectivity index (χ2v) is 7.65. The lowest BCUT2D eigenvalue weighted by Crippen LogP contribution is -2.43. The number of hydrogen-bond acceptors (Lipinski definition) is 8. The van der Waals surface area contributed by atoms with Crippen LogP contribution >= 0.6 is 0 Å². The van der Waals surface area contributed by atoms with Gasteiger partial charge in [0.05, 0.1) is 21.6 Å². The van der Waals surface area contributed by atoms with Crippen LogP contribution in [0.1, 0.15) is 33.4 Å². The van der Waals surface area contributed by atoms with Crippen molar-refractivity contribution >= 4 is 29.2 Å². The second-order valence-electron chi connectivity index (χ2n) is 7.65. The van der Waals surface area contributed by atoms with Crippen LogP contribution < -0.4 is 4.90 Å². The summed E-state index contributed by atoms with van der Waals surface area (Å²) in [6.45, 7) is 6.42. The first-order valence-electron chi connectivity index (χ1n) is 9.01. The minimum atomic E-state index is -1.25. The Balaban J connectivity index is 2.52. The van der Waals surface area contributed by atoms with Crippen LogP contribution in [0.5, 0.6) is 0 Å². The number of anilines is 1. The van der Waals surface area contributed by atoms with Gasteiger partial charge >= 0.3 is 12.2 Å². The number of nitrogens with zero attached hydrogens (tertiary/aromatic N) is 5. The van der Waals surface area contributed by atoms with Crippen LogP contribution in [-0.4, -0.2) is 48.3 Å². The van der Waals surface area contributed by atoms with Crippen molar-refractivity contribution in [1.82, 2.24) is 9.55 Å². The van der Waals surface area contributed by atoms with Crippen LogP contribution in [-0.2, 0) is 11.2 Å². The molecule has 2 rings (SSSR count). The first-order valence-corrected chi connectivity index (χ1v) is 9.01. The lowest BCUT2D eigenvalue weighted by molar-refractivity contribution is -0.393. The van der Waals surface area contributed by atoms with Gasteiger partial charge in [-0.2, -0.15) is 0 Å². The van der Waals surface area contributed by atoms with E-state index in [0.717, 1.165) is 34.0 Å². The predicted octanol–water partition coefficient (Wildman–Crippen LogP) is 3.60. The number of rotatable bonds is 6. The minimum Gasteiger partial charge on any atom is -0.464 e. The molecule has 13 heteroatoms. The lowest BCUT2D eigenvalue weighted by Gasteiger charge is -2.31. The Morgan fingerprint density at radius 2 is 1.90 bits per heavy atom. The summed E-state index contributed by atoms with van der Waals surface area (Å²) in [5.74, 6) is 0. The summed E-state index contributed by atoms with van der Waals surface area (Å²) in [7, 11) is 0. The molecule has 1 aromatic carbocycles. The van der Waals surface area contributed by atoms with Crippen molar-refractivity contribution < 1.29 is 29.3 Å². The van der Waals surface area contributed by atoms with Crippen LogP contribution in [0.25, 0.3) is 0 Å². The molecule has 0 fully saturated rings. The molecular weight excluding hydrogens is 414 g/mol. The van der Waals surface area contributed by atoms with Gasteiger partial charge in [-0.3, -0.25) is 25.1 Å². The van der Waals surface area contributed by atoms with E-state index in [2.05, 4.69) is 4.98 Å². The largest absolute Gasteiger partial charge is 0.464 e. The normalized spacial score (nSPS) is 12.1. The third-order valence-corrected chi connectivity index (χ3v) is 4.02. The fraction of sp³-hybridized carbons (Fsp3) is 0.389. The van der Waals surface area contributed by atoms with E-state index in [1.807, 2.05) is 0 Å². The maximum Gasteiger partial charge on any atom is 0.416 e. The maximum absolute atomic E-state index is 12.9. The van der Waals surface area contributed by atoms with Gasteiger partial charge in [0.25, 0.3) is 11.4 Å². The molecule has 0 saturated heterocycles. The van der Waals surface area contributed by atoms with Crippen molar-refractivity contribution in [3.63, 3.8) is 0 Å².